The van der Waals surface area contributed by atoms with E-state index in [2.05, 4.69) is 41.5 Å². The van der Waals surface area contributed by atoms with Crippen molar-refractivity contribution < 1.29 is 80.2 Å². The molecule has 2 unspecified atom stereocenters. The second kappa shape index (κ2) is 65.0. The van der Waals surface area contributed by atoms with E-state index in [1.165, 1.54) is 186 Å². The first-order valence-corrected chi connectivity index (χ1v) is 41.0. The first-order chi connectivity index (χ1) is 44.4. The highest BCUT2D eigenvalue weighted by Crippen LogP contribution is 2.45. The number of hydrogen-bond donors (Lipinski definition) is 3. The molecule has 0 amide bonds. The lowest BCUT2D eigenvalue weighted by Gasteiger charge is -2.21. The van der Waals surface area contributed by atoms with Gasteiger partial charge in [0, 0.05) is 25.7 Å². The molecule has 5 atom stereocenters. The summed E-state index contributed by atoms with van der Waals surface area (Å²) in [4.78, 5) is 72.6. The van der Waals surface area contributed by atoms with Crippen LogP contribution in [-0.4, -0.2) is 96.7 Å². The zero-order valence-electron chi connectivity index (χ0n) is 59.9. The Morgan fingerprint density at radius 3 is 0.739 bits per heavy atom. The average Bonchev–Trinajstić information content (AvgIpc) is 2.49. The van der Waals surface area contributed by atoms with Gasteiger partial charge >= 0.3 is 39.5 Å². The summed E-state index contributed by atoms with van der Waals surface area (Å²) >= 11 is 0. The van der Waals surface area contributed by atoms with Crippen LogP contribution in [0.1, 0.15) is 375 Å². The van der Waals surface area contributed by atoms with E-state index >= 15 is 0 Å². The van der Waals surface area contributed by atoms with Gasteiger partial charge in [-0.1, -0.05) is 324 Å². The summed E-state index contributed by atoms with van der Waals surface area (Å²) in [7, 11) is -9.90. The highest BCUT2D eigenvalue weighted by Gasteiger charge is 2.30. The molecule has 0 aliphatic heterocycles. The second-order valence-electron chi connectivity index (χ2n) is 27.3. The summed E-state index contributed by atoms with van der Waals surface area (Å²) in [6.07, 6.45) is 51.6. The van der Waals surface area contributed by atoms with Crippen molar-refractivity contribution in [3.8, 4) is 0 Å². The number of unbranched alkanes of at least 4 members (excludes halogenated alkanes) is 42. The minimum Gasteiger partial charge on any atom is -0.462 e. The Kier molecular flexibility index (Phi) is 63.7. The van der Waals surface area contributed by atoms with E-state index in [0.29, 0.717) is 37.5 Å². The summed E-state index contributed by atoms with van der Waals surface area (Å²) < 4.78 is 68.3. The lowest BCUT2D eigenvalue weighted by Crippen LogP contribution is -2.30. The van der Waals surface area contributed by atoms with Gasteiger partial charge in [-0.05, 0) is 37.5 Å². The predicted octanol–water partition coefficient (Wildman–Crippen LogP) is 21.2. The van der Waals surface area contributed by atoms with Gasteiger partial charge in [-0.25, -0.2) is 9.13 Å². The standard InChI is InChI=1S/C73H142O17P2/c1-7-9-11-13-15-17-19-21-23-25-27-29-31-33-37-45-51-57-72(77)89-68(61-83-70(75)55-49-43-36-32-30-28-26-24-22-20-18-16-14-12-10-8-2)63-87-91(79,80)85-59-67(74)60-86-92(81,82)88-64-69(62-84-71(76)56-50-44-40-39-42-48-54-66(5)6)90-73(78)58-52-46-38-34-35-41-47-53-65(3)4/h65-69,74H,7-64H2,1-6H3,(H,79,80)(H,81,82)/t67-,68-,69-/m1/s1. The highest BCUT2D eigenvalue weighted by molar-refractivity contribution is 7.47. The van der Waals surface area contributed by atoms with Gasteiger partial charge in [0.2, 0.25) is 0 Å². The van der Waals surface area contributed by atoms with Gasteiger partial charge in [0.25, 0.3) is 0 Å². The van der Waals surface area contributed by atoms with Crippen molar-refractivity contribution in [2.75, 3.05) is 39.6 Å². The maximum absolute atomic E-state index is 13.1. The quantitative estimate of drug-likeness (QED) is 0.0222. The van der Waals surface area contributed by atoms with E-state index in [1.807, 2.05) is 0 Å². The Bertz CT molecular complexity index is 1790. The molecule has 0 radical (unpaired) electrons. The van der Waals surface area contributed by atoms with Crippen LogP contribution >= 0.6 is 15.6 Å². The third kappa shape index (κ3) is 66.7. The first kappa shape index (κ1) is 90.1. The average molecular weight is 1350 g/mol. The zero-order chi connectivity index (χ0) is 67.9. The van der Waals surface area contributed by atoms with Gasteiger partial charge in [-0.2, -0.15) is 0 Å². The van der Waals surface area contributed by atoms with E-state index in [0.717, 1.165) is 96.3 Å². The van der Waals surface area contributed by atoms with E-state index in [9.17, 15) is 43.2 Å². The van der Waals surface area contributed by atoms with Gasteiger partial charge in [0.1, 0.15) is 19.3 Å². The third-order valence-electron chi connectivity index (χ3n) is 17.0. The summed E-state index contributed by atoms with van der Waals surface area (Å²) in [6.45, 7) is 9.43. The molecule has 19 heteroatoms. The lowest BCUT2D eigenvalue weighted by molar-refractivity contribution is -0.161. The first-order valence-electron chi connectivity index (χ1n) is 38.0. The number of aliphatic hydroxyl groups is 1. The number of esters is 4. The molecule has 92 heavy (non-hydrogen) atoms. The van der Waals surface area contributed by atoms with E-state index in [-0.39, 0.29) is 25.7 Å². The third-order valence-corrected chi connectivity index (χ3v) is 18.9. The molecule has 0 saturated heterocycles. The molecule has 0 rings (SSSR count). The highest BCUT2D eigenvalue weighted by atomic mass is 31.2. The summed E-state index contributed by atoms with van der Waals surface area (Å²) in [5, 5.41) is 10.6. The zero-order valence-corrected chi connectivity index (χ0v) is 61.6. The molecule has 0 spiro atoms. The van der Waals surface area contributed by atoms with E-state index in [1.54, 1.807) is 0 Å². The Hall–Kier alpha value is -1.94. The molecular weight excluding hydrogens is 1210 g/mol. The number of phosphoric ester groups is 2. The molecule has 0 aromatic rings. The summed E-state index contributed by atoms with van der Waals surface area (Å²) in [5.41, 5.74) is 0. The van der Waals surface area contributed by atoms with Crippen molar-refractivity contribution >= 4 is 39.5 Å². The molecule has 17 nitrogen and oxygen atoms in total. The molecule has 0 aromatic heterocycles. The lowest BCUT2D eigenvalue weighted by atomic mass is 10.0. The van der Waals surface area contributed by atoms with E-state index < -0.39 is 97.5 Å². The number of phosphoric acid groups is 2. The molecule has 0 heterocycles. The normalized spacial score (nSPS) is 14.1. The molecule has 0 bridgehead atoms. The summed E-state index contributed by atoms with van der Waals surface area (Å²) in [6, 6.07) is 0. The molecule has 0 aromatic carbocycles. The monoisotopic (exact) mass is 1350 g/mol. The van der Waals surface area contributed by atoms with Crippen LogP contribution < -0.4 is 0 Å². The number of ether oxygens (including phenoxy) is 4. The van der Waals surface area contributed by atoms with Crippen LogP contribution in [0.15, 0.2) is 0 Å². The predicted molar refractivity (Wildman–Crippen MR) is 372 cm³/mol. The Balaban J connectivity index is 5.22. The Morgan fingerprint density at radius 1 is 0.293 bits per heavy atom. The smallest absolute Gasteiger partial charge is 0.462 e. The minimum absolute atomic E-state index is 0.103. The van der Waals surface area contributed by atoms with Crippen molar-refractivity contribution in [2.24, 2.45) is 11.8 Å². The maximum atomic E-state index is 13.1. The fraction of sp³-hybridized carbons (Fsp3) is 0.945. The number of carbonyl (C=O) groups excluding carboxylic acids is 4. The molecule has 0 aliphatic rings. The van der Waals surface area contributed by atoms with Crippen molar-refractivity contribution in [3.05, 3.63) is 0 Å². The fourth-order valence-electron chi connectivity index (χ4n) is 11.1. The Morgan fingerprint density at radius 2 is 0.500 bits per heavy atom. The van der Waals surface area contributed by atoms with Crippen molar-refractivity contribution in [1.29, 1.82) is 0 Å². The van der Waals surface area contributed by atoms with Crippen LogP contribution in [0.5, 0.6) is 0 Å². The number of hydrogen-bond acceptors (Lipinski definition) is 15. The van der Waals surface area contributed by atoms with Gasteiger partial charge < -0.3 is 33.8 Å². The number of rotatable bonds is 72. The van der Waals surface area contributed by atoms with Crippen LogP contribution in [-0.2, 0) is 65.4 Å². The summed E-state index contributed by atoms with van der Waals surface area (Å²) in [5.74, 6) is -0.748. The number of carbonyl (C=O) groups is 4. The minimum atomic E-state index is -4.95. The van der Waals surface area contributed by atoms with Gasteiger partial charge in [-0.15, -0.1) is 0 Å². The fourth-order valence-corrected chi connectivity index (χ4v) is 12.7. The van der Waals surface area contributed by atoms with Gasteiger partial charge in [-0.3, -0.25) is 37.3 Å². The molecule has 0 aliphatic carbocycles. The van der Waals surface area contributed by atoms with Crippen LogP contribution in [0.25, 0.3) is 0 Å². The molecule has 0 saturated carbocycles. The van der Waals surface area contributed by atoms with Gasteiger partial charge in [0.05, 0.1) is 26.4 Å². The molecular formula is C73H142O17P2. The van der Waals surface area contributed by atoms with Crippen molar-refractivity contribution in [2.45, 2.75) is 394 Å². The molecule has 546 valence electrons. The molecule has 0 fully saturated rings. The van der Waals surface area contributed by atoms with Crippen LogP contribution in [0.4, 0.5) is 0 Å². The largest absolute Gasteiger partial charge is 0.472 e. The Labute approximate surface area is 562 Å². The maximum Gasteiger partial charge on any atom is 0.472 e. The van der Waals surface area contributed by atoms with Crippen molar-refractivity contribution in [1.82, 2.24) is 0 Å². The molecule has 3 N–H and O–H groups in total. The second-order valence-corrected chi connectivity index (χ2v) is 30.2. The van der Waals surface area contributed by atoms with Crippen molar-refractivity contribution in [3.63, 3.8) is 0 Å². The SMILES string of the molecule is CCCCCCCCCCCCCCCCCCCC(=O)O[C@H](COC(=O)CCCCCCCCCCCCCCCCCC)COP(=O)(O)OC[C@@H](O)COP(=O)(O)OC[C@@H](COC(=O)CCCCCCCCC(C)C)OC(=O)CCCCCCCCCC(C)C. The van der Waals surface area contributed by atoms with Crippen LogP contribution in [0.3, 0.4) is 0 Å². The number of aliphatic hydroxyl groups excluding tert-OH is 1. The van der Waals surface area contributed by atoms with Crippen LogP contribution in [0, 0.1) is 11.8 Å². The van der Waals surface area contributed by atoms with Crippen LogP contribution in [0.2, 0.25) is 0 Å². The van der Waals surface area contributed by atoms with E-state index in [4.69, 9.17) is 37.0 Å². The topological polar surface area (TPSA) is 237 Å². The van der Waals surface area contributed by atoms with Gasteiger partial charge in [0.15, 0.2) is 12.2 Å².